The third kappa shape index (κ3) is 2.21. The molecule has 0 bridgehead atoms. The molecule has 2 atom stereocenters. The van der Waals surface area contributed by atoms with E-state index in [4.69, 9.17) is 5.73 Å². The normalized spacial score (nSPS) is 22.1. The third-order valence-corrected chi connectivity index (χ3v) is 4.58. The average molecular weight is 258 g/mol. The second-order valence-electron chi connectivity index (χ2n) is 4.92. The van der Waals surface area contributed by atoms with Crippen LogP contribution in [0.3, 0.4) is 0 Å². The quantitative estimate of drug-likeness (QED) is 0.886. The van der Waals surface area contributed by atoms with Crippen LogP contribution < -0.4 is 11.1 Å². The van der Waals surface area contributed by atoms with Crippen LogP contribution in [0.1, 0.15) is 39.4 Å². The molecule has 2 aromatic rings. The lowest BCUT2D eigenvalue weighted by Gasteiger charge is -2.13. The van der Waals surface area contributed by atoms with Crippen LogP contribution in [-0.2, 0) is 6.54 Å². The smallest absolute Gasteiger partial charge is 0.0344 e. The van der Waals surface area contributed by atoms with E-state index in [2.05, 4.69) is 48.6 Å². The molecule has 0 fully saturated rings. The van der Waals surface area contributed by atoms with Crippen LogP contribution in [0.25, 0.3) is 0 Å². The van der Waals surface area contributed by atoms with Gasteiger partial charge in [0.1, 0.15) is 0 Å². The van der Waals surface area contributed by atoms with E-state index >= 15 is 0 Å². The van der Waals surface area contributed by atoms with E-state index in [-0.39, 0.29) is 6.04 Å². The molecule has 0 saturated heterocycles. The van der Waals surface area contributed by atoms with Crippen molar-refractivity contribution in [3.8, 4) is 0 Å². The highest BCUT2D eigenvalue weighted by Crippen LogP contribution is 2.37. The van der Waals surface area contributed by atoms with E-state index in [0.717, 1.165) is 13.0 Å². The first-order valence-corrected chi connectivity index (χ1v) is 7.19. The van der Waals surface area contributed by atoms with Gasteiger partial charge in [-0.15, -0.1) is 11.3 Å². The van der Waals surface area contributed by atoms with Crippen molar-refractivity contribution in [2.75, 3.05) is 0 Å². The lowest BCUT2D eigenvalue weighted by molar-refractivity contribution is 0.501. The minimum atomic E-state index is 0.184. The van der Waals surface area contributed by atoms with Crippen LogP contribution in [0.15, 0.2) is 36.4 Å². The van der Waals surface area contributed by atoms with Gasteiger partial charge in [0.05, 0.1) is 0 Å². The number of benzene rings is 1. The Labute approximate surface area is 112 Å². The van der Waals surface area contributed by atoms with E-state index in [9.17, 15) is 0 Å². The van der Waals surface area contributed by atoms with Crippen molar-refractivity contribution in [2.24, 2.45) is 5.73 Å². The Kier molecular flexibility index (Phi) is 3.20. The van der Waals surface area contributed by atoms with Crippen molar-refractivity contribution in [1.29, 1.82) is 0 Å². The summed E-state index contributed by atoms with van der Waals surface area (Å²) in [5.41, 5.74) is 8.85. The topological polar surface area (TPSA) is 38.0 Å². The molecule has 1 aromatic heterocycles. The van der Waals surface area contributed by atoms with Gasteiger partial charge >= 0.3 is 0 Å². The summed E-state index contributed by atoms with van der Waals surface area (Å²) >= 11 is 1.86. The molecule has 0 aliphatic heterocycles. The van der Waals surface area contributed by atoms with Gasteiger partial charge in [-0.3, -0.25) is 0 Å². The zero-order valence-electron chi connectivity index (χ0n) is 10.5. The molecule has 1 heterocycles. The van der Waals surface area contributed by atoms with Crippen molar-refractivity contribution in [2.45, 2.75) is 32.0 Å². The highest BCUT2D eigenvalue weighted by atomic mass is 32.1. The Morgan fingerprint density at radius 2 is 2.00 bits per heavy atom. The summed E-state index contributed by atoms with van der Waals surface area (Å²) in [6, 6.07) is 13.5. The van der Waals surface area contributed by atoms with Crippen molar-refractivity contribution in [3.63, 3.8) is 0 Å². The molecule has 2 unspecified atom stereocenters. The summed E-state index contributed by atoms with van der Waals surface area (Å²) in [4.78, 5) is 2.76. The molecule has 18 heavy (non-hydrogen) atoms. The van der Waals surface area contributed by atoms with Gasteiger partial charge in [0.15, 0.2) is 0 Å². The Bertz CT molecular complexity index is 547. The van der Waals surface area contributed by atoms with Crippen LogP contribution in [0.2, 0.25) is 0 Å². The molecule has 2 nitrogen and oxygen atoms in total. The fraction of sp³-hybridized carbons (Fsp3) is 0.333. The SMILES string of the molecule is Cc1ccc(CNC2CC(N)c3ccccc32)s1. The van der Waals surface area contributed by atoms with E-state index in [1.807, 2.05) is 11.3 Å². The minimum Gasteiger partial charge on any atom is -0.324 e. The van der Waals surface area contributed by atoms with Crippen molar-refractivity contribution in [3.05, 3.63) is 57.3 Å². The first kappa shape index (κ1) is 11.9. The number of hydrogen-bond acceptors (Lipinski definition) is 3. The van der Waals surface area contributed by atoms with Crippen LogP contribution in [-0.4, -0.2) is 0 Å². The van der Waals surface area contributed by atoms with Gasteiger partial charge < -0.3 is 11.1 Å². The molecule has 0 spiro atoms. The monoisotopic (exact) mass is 258 g/mol. The first-order valence-electron chi connectivity index (χ1n) is 6.37. The molecule has 0 amide bonds. The molecular formula is C15H18N2S. The second kappa shape index (κ2) is 4.84. The van der Waals surface area contributed by atoms with E-state index < -0.39 is 0 Å². The molecule has 3 N–H and O–H groups in total. The van der Waals surface area contributed by atoms with Gasteiger partial charge in [-0.05, 0) is 36.6 Å². The third-order valence-electron chi connectivity index (χ3n) is 3.58. The van der Waals surface area contributed by atoms with Gasteiger partial charge in [-0.2, -0.15) is 0 Å². The molecular weight excluding hydrogens is 240 g/mol. The minimum absolute atomic E-state index is 0.184. The zero-order valence-corrected chi connectivity index (χ0v) is 11.3. The number of hydrogen-bond donors (Lipinski definition) is 2. The number of nitrogens with two attached hydrogens (primary N) is 1. The predicted molar refractivity (Wildman–Crippen MR) is 76.6 cm³/mol. The van der Waals surface area contributed by atoms with Crippen molar-refractivity contribution in [1.82, 2.24) is 5.32 Å². The molecule has 1 aliphatic rings. The molecule has 1 aliphatic carbocycles. The summed E-state index contributed by atoms with van der Waals surface area (Å²) in [5.74, 6) is 0. The Hall–Kier alpha value is -1.16. The zero-order chi connectivity index (χ0) is 12.5. The van der Waals surface area contributed by atoms with Crippen molar-refractivity contribution >= 4 is 11.3 Å². The summed E-state index contributed by atoms with van der Waals surface area (Å²) in [6.45, 7) is 3.08. The Morgan fingerprint density at radius 3 is 2.72 bits per heavy atom. The predicted octanol–water partition coefficient (Wildman–Crippen LogP) is 3.29. The van der Waals surface area contributed by atoms with E-state index in [1.165, 1.54) is 20.9 Å². The fourth-order valence-electron chi connectivity index (χ4n) is 2.67. The molecule has 1 aromatic carbocycles. The highest BCUT2D eigenvalue weighted by Gasteiger charge is 2.27. The largest absolute Gasteiger partial charge is 0.324 e. The first-order chi connectivity index (χ1) is 8.74. The van der Waals surface area contributed by atoms with Gasteiger partial charge in [-0.1, -0.05) is 24.3 Å². The Balaban J connectivity index is 1.72. The lowest BCUT2D eigenvalue weighted by atomic mass is 10.1. The highest BCUT2D eigenvalue weighted by molar-refractivity contribution is 7.11. The van der Waals surface area contributed by atoms with E-state index in [0.29, 0.717) is 6.04 Å². The number of aryl methyl sites for hydroxylation is 1. The number of nitrogens with one attached hydrogen (secondary N) is 1. The van der Waals surface area contributed by atoms with Gasteiger partial charge in [-0.25, -0.2) is 0 Å². The van der Waals surface area contributed by atoms with Crippen LogP contribution in [0, 0.1) is 6.92 Å². The van der Waals surface area contributed by atoms with E-state index in [1.54, 1.807) is 0 Å². The van der Waals surface area contributed by atoms with Gasteiger partial charge in [0.25, 0.3) is 0 Å². The fourth-order valence-corrected chi connectivity index (χ4v) is 3.51. The average Bonchev–Trinajstić information content (AvgIpc) is 2.92. The van der Waals surface area contributed by atoms with Gasteiger partial charge in [0.2, 0.25) is 0 Å². The molecule has 3 rings (SSSR count). The van der Waals surface area contributed by atoms with Crippen LogP contribution >= 0.6 is 11.3 Å². The maximum atomic E-state index is 6.17. The lowest BCUT2D eigenvalue weighted by Crippen LogP contribution is -2.19. The molecule has 0 radical (unpaired) electrons. The Morgan fingerprint density at radius 1 is 1.22 bits per heavy atom. The standard InChI is InChI=1S/C15H18N2S/c1-10-6-7-11(18-10)9-17-15-8-14(16)12-4-2-3-5-13(12)15/h2-7,14-15,17H,8-9,16H2,1H3. The second-order valence-corrected chi connectivity index (χ2v) is 6.29. The number of thiophene rings is 1. The maximum Gasteiger partial charge on any atom is 0.0344 e. The summed E-state index contributed by atoms with van der Waals surface area (Å²) in [7, 11) is 0. The summed E-state index contributed by atoms with van der Waals surface area (Å²) in [5, 5.41) is 3.63. The van der Waals surface area contributed by atoms with Crippen molar-refractivity contribution < 1.29 is 0 Å². The van der Waals surface area contributed by atoms with Gasteiger partial charge in [0, 0.05) is 28.4 Å². The molecule has 94 valence electrons. The number of fused-ring (bicyclic) bond motifs is 1. The van der Waals surface area contributed by atoms with Crippen LogP contribution in [0.4, 0.5) is 0 Å². The maximum absolute atomic E-state index is 6.17. The van der Waals surface area contributed by atoms with Crippen LogP contribution in [0.5, 0.6) is 0 Å². The molecule has 0 saturated carbocycles. The molecule has 3 heteroatoms. The number of rotatable bonds is 3. The summed E-state index contributed by atoms with van der Waals surface area (Å²) < 4.78 is 0. The summed E-state index contributed by atoms with van der Waals surface area (Å²) in [6.07, 6.45) is 1.00.